The third kappa shape index (κ3) is 4.09. The van der Waals surface area contributed by atoms with E-state index in [0.717, 1.165) is 21.9 Å². The maximum atomic E-state index is 13.8. The number of thiazole rings is 1. The largest absolute Gasteiger partial charge is 0.482 e. The van der Waals surface area contributed by atoms with Crippen LogP contribution in [0.25, 0.3) is 0 Å². The van der Waals surface area contributed by atoms with Gasteiger partial charge in [-0.1, -0.05) is 23.5 Å². The lowest BCUT2D eigenvalue weighted by atomic mass is 9.68. The van der Waals surface area contributed by atoms with E-state index in [2.05, 4.69) is 4.98 Å². The first-order valence-electron chi connectivity index (χ1n) is 13.7. The summed E-state index contributed by atoms with van der Waals surface area (Å²) >= 11 is 2.78. The van der Waals surface area contributed by atoms with E-state index in [4.69, 9.17) is 9.47 Å². The zero-order valence-corrected chi connectivity index (χ0v) is 23.9. The van der Waals surface area contributed by atoms with Crippen molar-refractivity contribution in [2.75, 3.05) is 18.1 Å². The van der Waals surface area contributed by atoms with Crippen LogP contribution >= 0.6 is 23.1 Å². The summed E-state index contributed by atoms with van der Waals surface area (Å²) in [5.74, 6) is -1.62. The van der Waals surface area contributed by atoms with Gasteiger partial charge in [0.1, 0.15) is 5.75 Å². The standard InChI is InChI=1S/C29H25N3O8S2/c1-2-39-19(33)12-40-16-9-3-13(4-10-16)20-21-17-11-18(24(21)41-26-25(20)42-29(36)30-26)23-22(17)27(34)31(28(23)35)14-5-7-15(8-6-14)32(37)38/h3-10,17-18,20-24H,2,11-12H2,1H3,(H,30,36)/t17?,18?,20-,21?,22?,23?,24?/m1/s1. The number of nitrogens with zero attached hydrogens (tertiary/aromatic N) is 2. The highest BCUT2D eigenvalue weighted by molar-refractivity contribution is 8.00. The molecule has 3 heterocycles. The van der Waals surface area contributed by atoms with E-state index in [9.17, 15) is 29.3 Å². The van der Waals surface area contributed by atoms with Crippen molar-refractivity contribution in [3.8, 4) is 5.75 Å². The molecule has 1 N–H and O–H groups in total. The maximum Gasteiger partial charge on any atom is 0.344 e. The quantitative estimate of drug-likeness (QED) is 0.182. The van der Waals surface area contributed by atoms with Crippen LogP contribution in [0.4, 0.5) is 11.4 Å². The van der Waals surface area contributed by atoms with Gasteiger partial charge in [-0.25, -0.2) is 4.79 Å². The van der Waals surface area contributed by atoms with Gasteiger partial charge in [-0.15, -0.1) is 11.8 Å². The van der Waals surface area contributed by atoms with Gasteiger partial charge in [0, 0.05) is 28.2 Å². The predicted molar refractivity (Wildman–Crippen MR) is 153 cm³/mol. The van der Waals surface area contributed by atoms with Crippen LogP contribution in [-0.2, 0) is 19.1 Å². The normalized spacial score (nSPS) is 28.8. The Bertz CT molecular complexity index is 1670. The molecule has 7 atom stereocenters. The Morgan fingerprint density at radius 1 is 1.05 bits per heavy atom. The summed E-state index contributed by atoms with van der Waals surface area (Å²) in [4.78, 5) is 67.3. The number of anilines is 1. The van der Waals surface area contributed by atoms with E-state index in [1.807, 2.05) is 12.1 Å². The summed E-state index contributed by atoms with van der Waals surface area (Å²) in [6, 6.07) is 13.0. The average molecular weight is 608 g/mol. The number of nitrogens with one attached hydrogen (secondary N) is 1. The number of fused-ring (bicyclic) bond motifs is 9. The molecule has 0 radical (unpaired) electrons. The third-order valence-electron chi connectivity index (χ3n) is 8.94. The number of benzene rings is 2. The summed E-state index contributed by atoms with van der Waals surface area (Å²) in [5, 5.41) is 12.0. The van der Waals surface area contributed by atoms with Crippen LogP contribution in [-0.4, -0.2) is 46.2 Å². The Hall–Kier alpha value is -3.97. The molecule has 2 aromatic carbocycles. The number of amides is 2. The topological polar surface area (TPSA) is 149 Å². The number of rotatable bonds is 7. The highest BCUT2D eigenvalue weighted by Gasteiger charge is 2.69. The van der Waals surface area contributed by atoms with Crippen molar-refractivity contribution in [2.45, 2.75) is 29.5 Å². The summed E-state index contributed by atoms with van der Waals surface area (Å²) in [6.45, 7) is 1.80. The van der Waals surface area contributed by atoms with Crippen molar-refractivity contribution in [3.63, 3.8) is 0 Å². The van der Waals surface area contributed by atoms with E-state index >= 15 is 0 Å². The molecule has 2 amide bonds. The number of ether oxygens (including phenoxy) is 2. The van der Waals surface area contributed by atoms with Gasteiger partial charge < -0.3 is 14.5 Å². The third-order valence-corrected chi connectivity index (χ3v) is 11.5. The molecule has 3 aromatic rings. The van der Waals surface area contributed by atoms with E-state index < -0.39 is 22.7 Å². The molecule has 7 rings (SSSR count). The number of nitro groups is 1. The first-order valence-corrected chi connectivity index (χ1v) is 15.4. The fraction of sp³-hybridized carbons (Fsp3) is 0.379. The summed E-state index contributed by atoms with van der Waals surface area (Å²) < 4.78 is 10.5. The molecule has 1 saturated heterocycles. The lowest BCUT2D eigenvalue weighted by Gasteiger charge is -2.43. The molecule has 6 unspecified atom stereocenters. The molecule has 1 aromatic heterocycles. The second-order valence-corrected chi connectivity index (χ2v) is 13.1. The minimum absolute atomic E-state index is 0.0278. The van der Waals surface area contributed by atoms with E-state index in [0.29, 0.717) is 11.4 Å². The van der Waals surface area contributed by atoms with Crippen molar-refractivity contribution in [1.82, 2.24) is 4.98 Å². The maximum absolute atomic E-state index is 13.8. The molecule has 4 aliphatic rings. The van der Waals surface area contributed by atoms with Gasteiger partial charge in [0.2, 0.25) is 11.8 Å². The van der Waals surface area contributed by atoms with Gasteiger partial charge in [-0.05, 0) is 60.9 Å². The first-order chi connectivity index (χ1) is 20.3. The number of imide groups is 1. The molecule has 0 spiro atoms. The van der Waals surface area contributed by atoms with Gasteiger partial charge in [-0.3, -0.25) is 29.4 Å². The molecule has 2 aliphatic carbocycles. The Balaban J connectivity index is 1.20. The van der Waals surface area contributed by atoms with Gasteiger partial charge >= 0.3 is 10.8 Å². The van der Waals surface area contributed by atoms with Crippen LogP contribution in [0.1, 0.15) is 29.7 Å². The van der Waals surface area contributed by atoms with Crippen LogP contribution in [0.15, 0.2) is 58.4 Å². The minimum atomic E-state index is -0.517. The number of aromatic amines is 1. The minimum Gasteiger partial charge on any atom is -0.482 e. The fourth-order valence-corrected chi connectivity index (χ4v) is 10.4. The Kier molecular flexibility index (Phi) is 6.46. The molecule has 216 valence electrons. The number of carbonyl (C=O) groups is 3. The Morgan fingerprint density at radius 2 is 1.74 bits per heavy atom. The monoisotopic (exact) mass is 607 g/mol. The number of nitro benzene ring substituents is 1. The van der Waals surface area contributed by atoms with Crippen molar-refractivity contribution >= 4 is 52.3 Å². The fourth-order valence-electron chi connectivity index (χ4n) is 7.48. The zero-order valence-electron chi connectivity index (χ0n) is 22.3. The Labute approximate surface area is 247 Å². The highest BCUT2D eigenvalue weighted by atomic mass is 32.2. The van der Waals surface area contributed by atoms with Crippen LogP contribution < -0.4 is 14.5 Å². The SMILES string of the molecule is CCOC(=O)COc1ccc([C@H]2c3sc(=O)[nH]c3SC3C4CC(C5C(=O)N(c6ccc([N+](=O)[O-])cc6)C(=O)C45)C32)cc1. The van der Waals surface area contributed by atoms with Crippen LogP contribution in [0, 0.1) is 39.7 Å². The number of non-ortho nitro benzene ring substituents is 1. The van der Waals surface area contributed by atoms with E-state index in [1.165, 1.54) is 40.5 Å². The second-order valence-electron chi connectivity index (χ2n) is 10.9. The van der Waals surface area contributed by atoms with Gasteiger partial charge in [0.05, 0.1) is 34.1 Å². The predicted octanol–water partition coefficient (Wildman–Crippen LogP) is 3.96. The van der Waals surface area contributed by atoms with Crippen molar-refractivity contribution in [2.24, 2.45) is 29.6 Å². The molecule has 13 heteroatoms. The number of thioether (sulfide) groups is 1. The molecular formula is C29H25N3O8S2. The number of esters is 1. The molecule has 2 aliphatic heterocycles. The van der Waals surface area contributed by atoms with Crippen LogP contribution in [0.2, 0.25) is 0 Å². The molecule has 2 bridgehead atoms. The summed E-state index contributed by atoms with van der Waals surface area (Å²) in [5.41, 5.74) is 1.21. The lowest BCUT2D eigenvalue weighted by Crippen LogP contribution is -2.42. The van der Waals surface area contributed by atoms with Crippen molar-refractivity contribution in [1.29, 1.82) is 0 Å². The average Bonchev–Trinajstić information content (AvgIpc) is 3.71. The number of carbonyl (C=O) groups excluding carboxylic acids is 3. The number of H-pyrrole nitrogens is 1. The molecule has 2 saturated carbocycles. The number of hydrogen-bond acceptors (Lipinski definition) is 10. The van der Waals surface area contributed by atoms with Crippen molar-refractivity contribution in [3.05, 3.63) is 78.8 Å². The van der Waals surface area contributed by atoms with Gasteiger partial charge in [-0.2, -0.15) is 0 Å². The summed E-state index contributed by atoms with van der Waals surface area (Å²) in [7, 11) is 0. The molecule has 42 heavy (non-hydrogen) atoms. The smallest absolute Gasteiger partial charge is 0.344 e. The second kappa shape index (κ2) is 10.1. The molecular weight excluding hydrogens is 582 g/mol. The zero-order chi connectivity index (χ0) is 29.3. The molecule has 3 fully saturated rings. The Morgan fingerprint density at radius 3 is 2.40 bits per heavy atom. The highest BCUT2D eigenvalue weighted by Crippen LogP contribution is 2.68. The first kappa shape index (κ1) is 26.9. The van der Waals surface area contributed by atoms with Gasteiger partial charge in [0.25, 0.3) is 5.69 Å². The lowest BCUT2D eigenvalue weighted by molar-refractivity contribution is -0.384. The van der Waals surface area contributed by atoms with Crippen LogP contribution in [0.3, 0.4) is 0 Å². The van der Waals surface area contributed by atoms with Crippen molar-refractivity contribution < 1.29 is 28.8 Å². The molecule has 11 nitrogen and oxygen atoms in total. The number of aromatic nitrogens is 1. The van der Waals surface area contributed by atoms with E-state index in [-0.39, 0.29) is 64.5 Å². The van der Waals surface area contributed by atoms with E-state index in [1.54, 1.807) is 30.8 Å². The number of hydrogen-bond donors (Lipinski definition) is 1. The summed E-state index contributed by atoms with van der Waals surface area (Å²) in [6.07, 6.45) is 0.750. The van der Waals surface area contributed by atoms with Crippen LogP contribution in [0.5, 0.6) is 5.75 Å². The van der Waals surface area contributed by atoms with Gasteiger partial charge in [0.15, 0.2) is 6.61 Å².